The number of hydrogen-bond acceptors (Lipinski definition) is 3. The van der Waals surface area contributed by atoms with Gasteiger partial charge >= 0.3 is 0 Å². The second kappa shape index (κ2) is 11.6. The van der Waals surface area contributed by atoms with Crippen molar-refractivity contribution >= 4 is 46.1 Å². The highest BCUT2D eigenvalue weighted by atomic mass is 31.2. The molecule has 0 aliphatic rings. The van der Waals surface area contributed by atoms with Crippen molar-refractivity contribution in [3.8, 4) is 11.5 Å². The first kappa shape index (κ1) is 26.8. The summed E-state index contributed by atoms with van der Waals surface area (Å²) in [6.45, 7) is 0. The summed E-state index contributed by atoms with van der Waals surface area (Å²) in [5, 5.41) is 4.63. The van der Waals surface area contributed by atoms with Crippen LogP contribution in [0.4, 0.5) is 0 Å². The lowest BCUT2D eigenvalue weighted by atomic mass is 10.3. The van der Waals surface area contributed by atoms with Crippen LogP contribution >= 0.6 is 14.3 Å². The van der Waals surface area contributed by atoms with Crippen LogP contribution in [0.3, 0.4) is 0 Å². The molecule has 0 amide bonds. The molecule has 0 saturated carbocycles. The van der Waals surface area contributed by atoms with Gasteiger partial charge in [0.15, 0.2) is 14.3 Å². The lowest BCUT2D eigenvalue weighted by Gasteiger charge is -2.21. The third-order valence-electron chi connectivity index (χ3n) is 7.12. The van der Waals surface area contributed by atoms with Gasteiger partial charge < -0.3 is 13.9 Å². The van der Waals surface area contributed by atoms with Crippen LogP contribution in [0.25, 0.3) is 0 Å². The Morgan fingerprint density at radius 3 is 0.756 bits per heavy atom. The fourth-order valence-corrected chi connectivity index (χ4v) is 10.3. The zero-order valence-electron chi connectivity index (χ0n) is 22.3. The predicted octanol–water partition coefficient (Wildman–Crippen LogP) is 6.76. The molecule has 6 aromatic rings. The zero-order chi connectivity index (χ0) is 28.1. The number of ether oxygens (including phenoxy) is 1. The number of rotatable bonds is 8. The molecule has 6 aromatic carbocycles. The van der Waals surface area contributed by atoms with E-state index in [4.69, 9.17) is 4.74 Å². The minimum Gasteiger partial charge on any atom is -0.457 e. The summed E-state index contributed by atoms with van der Waals surface area (Å²) in [7, 11) is -6.10. The van der Waals surface area contributed by atoms with E-state index in [1.165, 1.54) is 0 Å². The lowest BCUT2D eigenvalue weighted by Crippen LogP contribution is -2.24. The second-order valence-electron chi connectivity index (χ2n) is 9.65. The van der Waals surface area contributed by atoms with E-state index < -0.39 is 14.3 Å². The van der Waals surface area contributed by atoms with Crippen molar-refractivity contribution in [1.82, 2.24) is 0 Å². The second-order valence-corrected chi connectivity index (χ2v) is 15.2. The van der Waals surface area contributed by atoms with Crippen LogP contribution < -0.4 is 36.6 Å². The Bertz CT molecular complexity index is 1600. The first-order valence-corrected chi connectivity index (χ1v) is 16.8. The Balaban J connectivity index is 1.29. The first-order chi connectivity index (χ1) is 20.1. The van der Waals surface area contributed by atoms with Crippen molar-refractivity contribution in [3.05, 3.63) is 170 Å². The normalized spacial score (nSPS) is 11.6. The Morgan fingerprint density at radius 2 is 0.512 bits per heavy atom. The van der Waals surface area contributed by atoms with E-state index in [-0.39, 0.29) is 0 Å². The monoisotopic (exact) mass is 570 g/mol. The standard InChI is InChI=1S/C36H28O3P2/c37-40(31-13-5-1-6-14-31,32-15-7-2-8-16-32)35-25-21-29(22-26-35)39-30-23-27-36(28-24-30)41(38,33-17-9-3-10-18-33)34-19-11-4-12-20-34/h1-28H. The van der Waals surface area contributed by atoms with Gasteiger partial charge in [-0.1, -0.05) is 121 Å². The van der Waals surface area contributed by atoms with Crippen molar-refractivity contribution in [2.24, 2.45) is 0 Å². The molecule has 3 nitrogen and oxygen atoms in total. The molecule has 5 heteroatoms. The van der Waals surface area contributed by atoms with E-state index in [0.29, 0.717) is 11.5 Å². The predicted molar refractivity (Wildman–Crippen MR) is 172 cm³/mol. The molecule has 0 spiro atoms. The van der Waals surface area contributed by atoms with E-state index in [9.17, 15) is 9.13 Å². The molecule has 0 saturated heterocycles. The Morgan fingerprint density at radius 1 is 0.293 bits per heavy atom. The maximum absolute atomic E-state index is 14.6. The number of benzene rings is 6. The van der Waals surface area contributed by atoms with Gasteiger partial charge in [0.2, 0.25) is 0 Å². The summed E-state index contributed by atoms with van der Waals surface area (Å²) in [5.74, 6) is 1.26. The van der Waals surface area contributed by atoms with Gasteiger partial charge in [-0.3, -0.25) is 0 Å². The van der Waals surface area contributed by atoms with E-state index in [1.54, 1.807) is 0 Å². The lowest BCUT2D eigenvalue weighted by molar-refractivity contribution is 0.483. The van der Waals surface area contributed by atoms with Crippen molar-refractivity contribution in [1.29, 1.82) is 0 Å². The molecule has 0 radical (unpaired) electrons. The topological polar surface area (TPSA) is 43.4 Å². The van der Waals surface area contributed by atoms with Gasteiger partial charge in [-0.2, -0.15) is 0 Å². The van der Waals surface area contributed by atoms with Gasteiger partial charge in [0.1, 0.15) is 11.5 Å². The Labute approximate surface area is 240 Å². The molecule has 41 heavy (non-hydrogen) atoms. The minimum absolute atomic E-state index is 0.628. The van der Waals surface area contributed by atoms with Crippen LogP contribution in [-0.2, 0) is 9.13 Å². The molecule has 0 unspecified atom stereocenters. The first-order valence-electron chi connectivity index (χ1n) is 13.4. The molecule has 0 fully saturated rings. The van der Waals surface area contributed by atoms with Crippen LogP contribution in [0.5, 0.6) is 11.5 Å². The Kier molecular flexibility index (Phi) is 7.57. The molecule has 0 aliphatic carbocycles. The minimum atomic E-state index is -3.05. The van der Waals surface area contributed by atoms with Crippen LogP contribution in [0.2, 0.25) is 0 Å². The van der Waals surface area contributed by atoms with Crippen LogP contribution in [-0.4, -0.2) is 0 Å². The SMILES string of the molecule is O=P(c1ccccc1)(c1ccccc1)c1ccc(Oc2ccc(P(=O)(c3ccccc3)c3ccccc3)cc2)cc1. The summed E-state index contributed by atoms with van der Waals surface area (Å²) in [6, 6.07) is 53.3. The van der Waals surface area contributed by atoms with Crippen LogP contribution in [0.15, 0.2) is 170 Å². The molecular formula is C36H28O3P2. The van der Waals surface area contributed by atoms with Crippen LogP contribution in [0, 0.1) is 0 Å². The zero-order valence-corrected chi connectivity index (χ0v) is 24.1. The largest absolute Gasteiger partial charge is 0.457 e. The summed E-state index contributed by atoms with van der Waals surface area (Å²) >= 11 is 0. The van der Waals surface area contributed by atoms with E-state index in [2.05, 4.69) is 0 Å². The van der Waals surface area contributed by atoms with Crippen molar-refractivity contribution in [2.45, 2.75) is 0 Å². The third-order valence-corrected chi connectivity index (χ3v) is 13.3. The van der Waals surface area contributed by atoms with Gasteiger partial charge in [0.25, 0.3) is 0 Å². The third kappa shape index (κ3) is 5.23. The van der Waals surface area contributed by atoms with Crippen LogP contribution in [0.1, 0.15) is 0 Å². The highest BCUT2D eigenvalue weighted by molar-refractivity contribution is 7.85. The number of hydrogen-bond donors (Lipinski definition) is 0. The Hall–Kier alpha value is -4.42. The summed E-state index contributed by atoms with van der Waals surface area (Å²) in [6.07, 6.45) is 0. The van der Waals surface area contributed by atoms with Gasteiger partial charge in [-0.25, -0.2) is 0 Å². The molecule has 0 aliphatic heterocycles. The van der Waals surface area contributed by atoms with E-state index in [0.717, 1.165) is 31.8 Å². The van der Waals surface area contributed by atoms with Crippen molar-refractivity contribution in [2.75, 3.05) is 0 Å². The summed E-state index contributed by atoms with van der Waals surface area (Å²) in [5.41, 5.74) is 0. The molecule has 0 N–H and O–H groups in total. The molecule has 0 bridgehead atoms. The molecule has 0 aromatic heterocycles. The smallest absolute Gasteiger partial charge is 0.171 e. The molecule has 0 atom stereocenters. The van der Waals surface area contributed by atoms with E-state index in [1.807, 2.05) is 170 Å². The van der Waals surface area contributed by atoms with Gasteiger partial charge in [-0.15, -0.1) is 0 Å². The van der Waals surface area contributed by atoms with Crippen molar-refractivity contribution < 1.29 is 13.9 Å². The summed E-state index contributed by atoms with van der Waals surface area (Å²) < 4.78 is 35.3. The summed E-state index contributed by atoms with van der Waals surface area (Å²) in [4.78, 5) is 0. The average molecular weight is 571 g/mol. The quantitative estimate of drug-likeness (QED) is 0.190. The van der Waals surface area contributed by atoms with Gasteiger partial charge in [0, 0.05) is 31.8 Å². The molecule has 0 heterocycles. The average Bonchev–Trinajstić information content (AvgIpc) is 3.06. The molecule has 200 valence electrons. The fourth-order valence-electron chi connectivity index (χ4n) is 5.03. The van der Waals surface area contributed by atoms with Crippen molar-refractivity contribution in [3.63, 3.8) is 0 Å². The maximum Gasteiger partial charge on any atom is 0.171 e. The molecular weight excluding hydrogens is 542 g/mol. The van der Waals surface area contributed by atoms with Gasteiger partial charge in [-0.05, 0) is 48.5 Å². The van der Waals surface area contributed by atoms with E-state index >= 15 is 0 Å². The fraction of sp³-hybridized carbons (Fsp3) is 0. The highest BCUT2D eigenvalue weighted by Gasteiger charge is 2.30. The highest BCUT2D eigenvalue weighted by Crippen LogP contribution is 2.44. The molecule has 6 rings (SSSR count). The maximum atomic E-state index is 14.6. The van der Waals surface area contributed by atoms with Gasteiger partial charge in [0.05, 0.1) is 0 Å².